The molecular formula is C57H42N2O12S2. The van der Waals surface area contributed by atoms with Crippen LogP contribution < -0.4 is 14.2 Å². The van der Waals surface area contributed by atoms with E-state index in [2.05, 4.69) is 45.5 Å². The molecule has 0 saturated heterocycles. The largest absolute Gasteiger partial charge is 0.507 e. The second-order valence-corrected chi connectivity index (χ2v) is 16.5. The fourth-order valence-electron chi connectivity index (χ4n) is 5.96. The van der Waals surface area contributed by atoms with Gasteiger partial charge in [0.2, 0.25) is 0 Å². The van der Waals surface area contributed by atoms with Gasteiger partial charge in [0.05, 0.1) is 53.3 Å². The maximum atomic E-state index is 11.3. The van der Waals surface area contributed by atoms with Crippen LogP contribution in [0.25, 0.3) is 10.4 Å². The highest BCUT2D eigenvalue weighted by Gasteiger charge is 2.14. The number of nitrogens with zero attached hydrogens (tertiary/aromatic N) is 2. The maximum absolute atomic E-state index is 11.3. The number of carbonyl (C=O) groups excluding carboxylic acids is 5. The third-order valence-corrected chi connectivity index (χ3v) is 11.6. The highest BCUT2D eigenvalue weighted by atomic mass is 32.1. The first-order valence-electron chi connectivity index (χ1n) is 21.2. The average molecular weight is 1010 g/mol. The Kier molecular flexibility index (Phi) is 20.3. The van der Waals surface area contributed by atoms with E-state index in [1.54, 1.807) is 78.5 Å². The number of phenols is 4. The molecule has 0 saturated carbocycles. The Hall–Kier alpha value is -9.79. The van der Waals surface area contributed by atoms with Crippen LogP contribution in [-0.2, 0) is 0 Å². The highest BCUT2D eigenvalue weighted by molar-refractivity contribution is 7.17. The lowest BCUT2D eigenvalue weighted by Crippen LogP contribution is -1.90. The van der Waals surface area contributed by atoms with E-state index in [0.29, 0.717) is 52.4 Å². The zero-order valence-electron chi connectivity index (χ0n) is 39.3. The van der Waals surface area contributed by atoms with E-state index in [9.17, 15) is 44.4 Å². The Balaban J connectivity index is 0.000000181. The third-order valence-electron chi connectivity index (χ3n) is 9.61. The summed E-state index contributed by atoms with van der Waals surface area (Å²) in [4.78, 5) is 64.9. The number of ketones is 1. The van der Waals surface area contributed by atoms with Crippen LogP contribution >= 0.6 is 22.7 Å². The standard InChI is InChI=1S/C15H11NO3.C14H9NO2.C14H12O4S.C14H10O3S/c1-19-14-8-12(7-13(10-17)15(14)18)5-4-11-3-2-6-16-9-11;16-10-12-9-11(5-7-14(12)17)4-6-13-3-1-2-8-15-13;1-8(16)12-3-4-13(19-12)9-5-10(7-15)14(17)11(6-9)18-2;1-17-13-8-10(7-11(9-15)14(13)16)4-5-12-3-2-6-18-12/h2-3,6-10,18H,1H3;1-3,5,7-10,17H;3-7,17H,1-2H3;2-3,6-9,16H,1H3. The van der Waals surface area contributed by atoms with Crippen LogP contribution in [0.2, 0.25) is 0 Å². The second-order valence-electron chi connectivity index (χ2n) is 14.5. The van der Waals surface area contributed by atoms with Crippen LogP contribution in [0.5, 0.6) is 40.2 Å². The number of aromatic hydroxyl groups is 4. The second kappa shape index (κ2) is 27.4. The minimum absolute atomic E-state index is 0.00222. The van der Waals surface area contributed by atoms with Gasteiger partial charge in [-0.2, -0.15) is 0 Å². The van der Waals surface area contributed by atoms with Gasteiger partial charge in [-0.25, -0.2) is 4.98 Å². The molecule has 0 atom stereocenters. The summed E-state index contributed by atoms with van der Waals surface area (Å²) in [5.74, 6) is 17.6. The molecule has 16 heteroatoms. The van der Waals surface area contributed by atoms with Crippen LogP contribution in [0.15, 0.2) is 133 Å². The van der Waals surface area contributed by atoms with Crippen molar-refractivity contribution in [1.29, 1.82) is 0 Å². The number of hydrogen-bond acceptors (Lipinski definition) is 16. The van der Waals surface area contributed by atoms with Gasteiger partial charge in [0.25, 0.3) is 0 Å². The van der Waals surface area contributed by atoms with Crippen LogP contribution in [0.4, 0.5) is 0 Å². The highest BCUT2D eigenvalue weighted by Crippen LogP contribution is 2.37. The summed E-state index contributed by atoms with van der Waals surface area (Å²) in [5, 5.41) is 40.4. The van der Waals surface area contributed by atoms with Crippen molar-refractivity contribution in [1.82, 2.24) is 9.97 Å². The summed E-state index contributed by atoms with van der Waals surface area (Å²) in [6, 6.07) is 30.5. The van der Waals surface area contributed by atoms with Crippen molar-refractivity contribution in [3.63, 3.8) is 0 Å². The topological polar surface area (TPSA) is 220 Å². The van der Waals surface area contributed by atoms with Crippen LogP contribution in [0.1, 0.15) is 90.9 Å². The summed E-state index contributed by atoms with van der Waals surface area (Å²) in [7, 11) is 4.27. The van der Waals surface area contributed by atoms with Crippen molar-refractivity contribution in [2.75, 3.05) is 21.3 Å². The first kappa shape index (κ1) is 54.2. The number of benzene rings is 4. The number of carbonyl (C=O) groups is 5. The fourth-order valence-corrected chi connectivity index (χ4v) is 7.42. The van der Waals surface area contributed by atoms with Crippen molar-refractivity contribution < 1.29 is 58.6 Å². The van der Waals surface area contributed by atoms with Gasteiger partial charge in [-0.15, -0.1) is 22.7 Å². The number of ether oxygens (including phenoxy) is 3. The van der Waals surface area contributed by atoms with E-state index in [0.717, 1.165) is 20.9 Å². The smallest absolute Gasteiger partial charge is 0.169 e. The van der Waals surface area contributed by atoms with Gasteiger partial charge in [0.15, 0.2) is 65.4 Å². The van der Waals surface area contributed by atoms with Crippen LogP contribution in [0, 0.1) is 35.5 Å². The van der Waals surface area contributed by atoms with Crippen molar-refractivity contribution >= 4 is 53.6 Å². The Labute approximate surface area is 427 Å². The SMILES string of the molecule is COc1cc(-c2ccc(C(C)=O)s2)cc(C=O)c1O.COc1cc(C#Cc2cccnc2)cc(C=O)c1O.COc1cc(C#Cc2cccs2)cc(C=O)c1O.O=Cc1cc(C#Cc2ccccn2)ccc1O. The van der Waals surface area contributed by atoms with Crippen molar-refractivity contribution in [3.8, 4) is 86.2 Å². The molecule has 14 nitrogen and oxygen atoms in total. The lowest BCUT2D eigenvalue weighted by molar-refractivity contribution is 0.101. The number of methoxy groups -OCH3 is 3. The summed E-state index contributed by atoms with van der Waals surface area (Å²) < 4.78 is 15.0. The van der Waals surface area contributed by atoms with Gasteiger partial charge in [-0.3, -0.25) is 29.0 Å². The molecule has 8 rings (SSSR count). The van der Waals surface area contributed by atoms with Crippen LogP contribution in [0.3, 0.4) is 0 Å². The van der Waals surface area contributed by atoms with E-state index < -0.39 is 0 Å². The molecule has 8 aromatic rings. The summed E-state index contributed by atoms with van der Waals surface area (Å²) in [6.45, 7) is 1.50. The predicted octanol–water partition coefficient (Wildman–Crippen LogP) is 9.83. The van der Waals surface area contributed by atoms with Gasteiger partial charge < -0.3 is 34.6 Å². The summed E-state index contributed by atoms with van der Waals surface area (Å²) in [5.41, 5.74) is 4.74. The first-order chi connectivity index (χ1) is 35.3. The average Bonchev–Trinajstić information content (AvgIpc) is 4.15. The molecule has 0 amide bonds. The molecule has 73 heavy (non-hydrogen) atoms. The van der Waals surface area contributed by atoms with Gasteiger partial charge in [0, 0.05) is 45.7 Å². The Morgan fingerprint density at radius 3 is 1.64 bits per heavy atom. The molecule has 0 fully saturated rings. The molecule has 0 radical (unpaired) electrons. The van der Waals surface area contributed by atoms with Gasteiger partial charge in [0.1, 0.15) is 11.4 Å². The Morgan fingerprint density at radius 1 is 0.548 bits per heavy atom. The molecule has 4 aromatic carbocycles. The maximum Gasteiger partial charge on any atom is 0.169 e. The molecule has 364 valence electrons. The van der Waals surface area contributed by atoms with E-state index >= 15 is 0 Å². The molecule has 0 spiro atoms. The zero-order chi connectivity index (χ0) is 52.7. The minimum Gasteiger partial charge on any atom is -0.507 e. The molecule has 0 unspecified atom stereocenters. The lowest BCUT2D eigenvalue weighted by atomic mass is 10.1. The summed E-state index contributed by atoms with van der Waals surface area (Å²) >= 11 is 2.88. The van der Waals surface area contributed by atoms with Crippen molar-refractivity contribution in [2.45, 2.75) is 6.92 Å². The molecule has 0 bridgehead atoms. The lowest BCUT2D eigenvalue weighted by Gasteiger charge is -2.07. The molecule has 4 heterocycles. The fraction of sp³-hybridized carbons (Fsp3) is 0.0702. The van der Waals surface area contributed by atoms with Gasteiger partial charge in [-0.1, -0.05) is 41.7 Å². The predicted molar refractivity (Wildman–Crippen MR) is 278 cm³/mol. The van der Waals surface area contributed by atoms with Crippen molar-refractivity contribution in [3.05, 3.63) is 193 Å². The summed E-state index contributed by atoms with van der Waals surface area (Å²) in [6.07, 6.45) is 7.28. The number of phenolic OH excluding ortho intramolecular Hbond substituents is 4. The molecule has 0 aliphatic carbocycles. The first-order valence-corrected chi connectivity index (χ1v) is 22.9. The normalized spacial score (nSPS) is 9.53. The van der Waals surface area contributed by atoms with E-state index in [1.165, 1.54) is 63.9 Å². The zero-order valence-corrected chi connectivity index (χ0v) is 40.9. The number of hydrogen-bond donors (Lipinski definition) is 4. The molecule has 4 aromatic heterocycles. The third kappa shape index (κ3) is 15.6. The van der Waals surface area contributed by atoms with E-state index in [-0.39, 0.29) is 68.3 Å². The molecule has 0 aliphatic rings. The van der Waals surface area contributed by atoms with Crippen LogP contribution in [-0.4, -0.2) is 82.7 Å². The number of rotatable bonds is 9. The quantitative estimate of drug-likeness (QED) is 0.0601. The van der Waals surface area contributed by atoms with E-state index in [4.69, 9.17) is 14.2 Å². The monoisotopic (exact) mass is 1010 g/mol. The number of thiophene rings is 2. The van der Waals surface area contributed by atoms with Gasteiger partial charge >= 0.3 is 0 Å². The Bertz CT molecular complexity index is 3430. The number of pyridine rings is 2. The minimum atomic E-state index is -0.176. The Morgan fingerprint density at radius 2 is 1.12 bits per heavy atom. The van der Waals surface area contributed by atoms with Crippen molar-refractivity contribution in [2.24, 2.45) is 0 Å². The molecule has 4 N–H and O–H groups in total. The van der Waals surface area contributed by atoms with Gasteiger partial charge in [-0.05, 0) is 121 Å². The molecule has 0 aliphatic heterocycles. The number of aromatic nitrogens is 2. The molecular weight excluding hydrogens is 969 g/mol. The van der Waals surface area contributed by atoms with E-state index in [1.807, 2.05) is 41.8 Å². The number of Topliss-reactive ketones (excluding diaryl/α,β-unsaturated/α-hetero) is 1. The number of aldehydes is 4.